The van der Waals surface area contributed by atoms with Gasteiger partial charge in [0.1, 0.15) is 5.82 Å². The molecule has 4 rings (SSSR count). The SMILES string of the molecule is C[C@H](Cc1cc(C(=O)NCc2cnn(-c3ccc(F)cc3)c2)on1)c1ccccc1. The number of hydrogen-bond acceptors (Lipinski definition) is 4. The van der Waals surface area contributed by atoms with Gasteiger partial charge < -0.3 is 9.84 Å². The van der Waals surface area contributed by atoms with Crippen molar-refractivity contribution in [3.05, 3.63) is 101 Å². The van der Waals surface area contributed by atoms with Crippen LogP contribution in [-0.2, 0) is 13.0 Å². The highest BCUT2D eigenvalue weighted by Crippen LogP contribution is 2.20. The quantitative estimate of drug-likeness (QED) is 0.499. The van der Waals surface area contributed by atoms with Crippen LogP contribution in [0.25, 0.3) is 5.69 Å². The van der Waals surface area contributed by atoms with Crippen LogP contribution in [-0.4, -0.2) is 20.8 Å². The number of benzene rings is 2. The topological polar surface area (TPSA) is 73.0 Å². The molecule has 0 radical (unpaired) electrons. The molecule has 0 fully saturated rings. The maximum atomic E-state index is 13.0. The normalized spacial score (nSPS) is 11.9. The van der Waals surface area contributed by atoms with Crippen LogP contribution < -0.4 is 5.32 Å². The Bertz CT molecular complexity index is 1120. The first-order valence-corrected chi connectivity index (χ1v) is 9.67. The van der Waals surface area contributed by atoms with Crippen LogP contribution in [0.1, 0.15) is 40.2 Å². The van der Waals surface area contributed by atoms with Crippen LogP contribution in [0.2, 0.25) is 0 Å². The van der Waals surface area contributed by atoms with E-state index in [4.69, 9.17) is 4.52 Å². The van der Waals surface area contributed by atoms with Gasteiger partial charge in [0.2, 0.25) is 5.76 Å². The zero-order chi connectivity index (χ0) is 20.9. The summed E-state index contributed by atoms with van der Waals surface area (Å²) in [4.78, 5) is 12.4. The zero-order valence-corrected chi connectivity index (χ0v) is 16.5. The van der Waals surface area contributed by atoms with Crippen molar-refractivity contribution in [3.8, 4) is 5.69 Å². The van der Waals surface area contributed by atoms with Gasteiger partial charge in [0, 0.05) is 24.4 Å². The van der Waals surface area contributed by atoms with Crippen LogP contribution in [0.5, 0.6) is 0 Å². The van der Waals surface area contributed by atoms with E-state index in [-0.39, 0.29) is 29.9 Å². The molecular formula is C23H21FN4O2. The average Bonchev–Trinajstić information content (AvgIpc) is 3.43. The van der Waals surface area contributed by atoms with Gasteiger partial charge in [0.05, 0.1) is 17.6 Å². The van der Waals surface area contributed by atoms with E-state index in [0.717, 1.165) is 16.9 Å². The van der Waals surface area contributed by atoms with Crippen molar-refractivity contribution in [2.45, 2.75) is 25.8 Å². The fraction of sp³-hybridized carbons (Fsp3) is 0.174. The molecule has 0 saturated carbocycles. The second-order valence-corrected chi connectivity index (χ2v) is 7.15. The predicted octanol–water partition coefficient (Wildman–Crippen LogP) is 4.28. The molecule has 0 spiro atoms. The van der Waals surface area contributed by atoms with Crippen molar-refractivity contribution in [2.75, 3.05) is 0 Å². The molecule has 30 heavy (non-hydrogen) atoms. The molecule has 0 bridgehead atoms. The molecule has 0 aliphatic carbocycles. The fourth-order valence-corrected chi connectivity index (χ4v) is 3.18. The molecule has 2 aromatic carbocycles. The molecule has 0 saturated heterocycles. The molecule has 1 N–H and O–H groups in total. The van der Waals surface area contributed by atoms with Crippen LogP contribution >= 0.6 is 0 Å². The van der Waals surface area contributed by atoms with Gasteiger partial charge in [-0.25, -0.2) is 9.07 Å². The number of carbonyl (C=O) groups is 1. The van der Waals surface area contributed by atoms with Gasteiger partial charge in [-0.1, -0.05) is 42.4 Å². The Morgan fingerprint density at radius 1 is 1.17 bits per heavy atom. The minimum atomic E-state index is -0.337. The second-order valence-electron chi connectivity index (χ2n) is 7.15. The van der Waals surface area contributed by atoms with Gasteiger partial charge in [0.25, 0.3) is 5.91 Å². The van der Waals surface area contributed by atoms with E-state index < -0.39 is 0 Å². The molecular weight excluding hydrogens is 383 g/mol. The number of amides is 1. The van der Waals surface area contributed by atoms with Gasteiger partial charge in [0.15, 0.2) is 0 Å². The highest BCUT2D eigenvalue weighted by Gasteiger charge is 2.15. The van der Waals surface area contributed by atoms with E-state index >= 15 is 0 Å². The van der Waals surface area contributed by atoms with Gasteiger partial charge in [-0.05, 0) is 42.2 Å². The minimum absolute atomic E-state index is 0.177. The number of carbonyl (C=O) groups excluding carboxylic acids is 1. The lowest BCUT2D eigenvalue weighted by Gasteiger charge is -2.08. The van der Waals surface area contributed by atoms with Crippen molar-refractivity contribution in [1.29, 1.82) is 0 Å². The lowest BCUT2D eigenvalue weighted by Crippen LogP contribution is -2.22. The van der Waals surface area contributed by atoms with E-state index in [1.54, 1.807) is 35.3 Å². The van der Waals surface area contributed by atoms with Crippen molar-refractivity contribution in [1.82, 2.24) is 20.3 Å². The molecule has 2 aromatic heterocycles. The predicted molar refractivity (Wildman–Crippen MR) is 110 cm³/mol. The van der Waals surface area contributed by atoms with E-state index in [2.05, 4.69) is 34.6 Å². The first-order chi connectivity index (χ1) is 14.6. The Hall–Kier alpha value is -3.74. The first-order valence-electron chi connectivity index (χ1n) is 9.67. The van der Waals surface area contributed by atoms with Gasteiger partial charge in [-0.15, -0.1) is 0 Å². The zero-order valence-electron chi connectivity index (χ0n) is 16.5. The lowest BCUT2D eigenvalue weighted by molar-refractivity contribution is 0.0914. The third-order valence-electron chi connectivity index (χ3n) is 4.85. The molecule has 2 heterocycles. The van der Waals surface area contributed by atoms with Gasteiger partial charge in [-0.2, -0.15) is 5.10 Å². The average molecular weight is 404 g/mol. The number of aromatic nitrogens is 3. The standard InChI is InChI=1S/C23H21FN4O2/c1-16(18-5-3-2-4-6-18)11-20-12-22(30-27-20)23(29)25-13-17-14-26-28(15-17)21-9-7-19(24)8-10-21/h2-10,12,14-16H,11,13H2,1H3,(H,25,29)/t16-/m1/s1. The van der Waals surface area contributed by atoms with Crippen LogP contribution in [0.3, 0.4) is 0 Å². The monoisotopic (exact) mass is 404 g/mol. The number of nitrogens with zero attached hydrogens (tertiary/aromatic N) is 3. The van der Waals surface area contributed by atoms with E-state index in [9.17, 15) is 9.18 Å². The molecule has 152 valence electrons. The Morgan fingerprint density at radius 2 is 1.93 bits per heavy atom. The summed E-state index contributed by atoms with van der Waals surface area (Å²) in [5, 5.41) is 11.1. The molecule has 1 amide bonds. The molecule has 0 unspecified atom stereocenters. The molecule has 7 heteroatoms. The number of hydrogen-bond donors (Lipinski definition) is 1. The molecule has 4 aromatic rings. The lowest BCUT2D eigenvalue weighted by atomic mass is 9.96. The maximum Gasteiger partial charge on any atom is 0.290 e. The summed E-state index contributed by atoms with van der Waals surface area (Å²) in [6.45, 7) is 2.40. The van der Waals surface area contributed by atoms with Crippen LogP contribution in [0.15, 0.2) is 77.6 Å². The maximum absolute atomic E-state index is 13.0. The molecule has 0 aliphatic rings. The number of nitrogens with one attached hydrogen (secondary N) is 1. The summed E-state index contributed by atoms with van der Waals surface area (Å²) >= 11 is 0. The Morgan fingerprint density at radius 3 is 2.70 bits per heavy atom. The smallest absolute Gasteiger partial charge is 0.290 e. The Labute approximate surface area is 173 Å². The fourth-order valence-electron chi connectivity index (χ4n) is 3.18. The largest absolute Gasteiger partial charge is 0.351 e. The minimum Gasteiger partial charge on any atom is -0.351 e. The highest BCUT2D eigenvalue weighted by atomic mass is 19.1. The van der Waals surface area contributed by atoms with Crippen LogP contribution in [0.4, 0.5) is 4.39 Å². The molecule has 0 aliphatic heterocycles. The number of rotatable bonds is 7. The number of halogens is 1. The van der Waals surface area contributed by atoms with E-state index in [1.807, 2.05) is 18.2 Å². The summed E-state index contributed by atoms with van der Waals surface area (Å²) in [5.74, 6) is -0.195. The van der Waals surface area contributed by atoms with Crippen molar-refractivity contribution < 1.29 is 13.7 Å². The third kappa shape index (κ3) is 4.63. The summed E-state index contributed by atoms with van der Waals surface area (Å²) in [7, 11) is 0. The molecule has 6 nitrogen and oxygen atoms in total. The summed E-state index contributed by atoms with van der Waals surface area (Å²) < 4.78 is 19.9. The Kier molecular flexibility index (Phi) is 5.70. The summed E-state index contributed by atoms with van der Waals surface area (Å²) in [6, 6.07) is 17.8. The van der Waals surface area contributed by atoms with E-state index in [0.29, 0.717) is 6.42 Å². The summed E-state index contributed by atoms with van der Waals surface area (Å²) in [6.07, 6.45) is 4.11. The summed E-state index contributed by atoms with van der Waals surface area (Å²) in [5.41, 5.74) is 3.50. The molecule has 1 atom stereocenters. The van der Waals surface area contributed by atoms with Crippen molar-refractivity contribution in [3.63, 3.8) is 0 Å². The van der Waals surface area contributed by atoms with Gasteiger partial charge in [-0.3, -0.25) is 4.79 Å². The third-order valence-corrected chi connectivity index (χ3v) is 4.85. The van der Waals surface area contributed by atoms with Gasteiger partial charge >= 0.3 is 0 Å². The van der Waals surface area contributed by atoms with Crippen molar-refractivity contribution >= 4 is 5.91 Å². The Balaban J connectivity index is 1.33. The van der Waals surface area contributed by atoms with Crippen LogP contribution in [0, 0.1) is 5.82 Å². The van der Waals surface area contributed by atoms with E-state index in [1.165, 1.54) is 17.7 Å². The first kappa shape index (κ1) is 19.6. The van der Waals surface area contributed by atoms with Crippen molar-refractivity contribution in [2.24, 2.45) is 0 Å². The second kappa shape index (κ2) is 8.73. The highest BCUT2D eigenvalue weighted by molar-refractivity contribution is 5.91.